The molecule has 0 aromatic heterocycles. The van der Waals surface area contributed by atoms with E-state index in [1.807, 2.05) is 12.1 Å². The Labute approximate surface area is 72.4 Å². The van der Waals surface area contributed by atoms with Gasteiger partial charge in [-0.05, 0) is 17.2 Å². The van der Waals surface area contributed by atoms with Gasteiger partial charge >= 0.3 is 0 Å². The van der Waals surface area contributed by atoms with Crippen molar-refractivity contribution in [2.75, 3.05) is 6.54 Å². The molecule has 0 spiro atoms. The molecule has 1 N–H and O–H groups in total. The fourth-order valence-electron chi connectivity index (χ4n) is 1.26. The second kappa shape index (κ2) is 3.26. The van der Waals surface area contributed by atoms with Crippen molar-refractivity contribution in [1.29, 1.82) is 0 Å². The second-order valence-electron chi connectivity index (χ2n) is 2.72. The molecular weight excluding hydrogens is 146 g/mol. The first-order valence-electron chi connectivity index (χ1n) is 4.03. The van der Waals surface area contributed by atoms with E-state index in [1.165, 1.54) is 11.1 Å². The number of allylic oxidation sites excluding steroid dienone is 2. The van der Waals surface area contributed by atoms with Crippen molar-refractivity contribution in [2.24, 2.45) is 0 Å². The highest BCUT2D eigenvalue weighted by Gasteiger charge is 2.00. The summed E-state index contributed by atoms with van der Waals surface area (Å²) in [5.74, 6) is 0. The number of hydrogen-bond donors (Lipinski definition) is 1. The summed E-state index contributed by atoms with van der Waals surface area (Å²) >= 11 is 0. The SMILES string of the molecule is [C]1=CC=C(c2ccccc2)CN1. The molecule has 1 aliphatic heterocycles. The van der Waals surface area contributed by atoms with Crippen LogP contribution < -0.4 is 5.32 Å². The average molecular weight is 156 g/mol. The summed E-state index contributed by atoms with van der Waals surface area (Å²) in [6.07, 6.45) is 6.93. The van der Waals surface area contributed by atoms with Crippen LogP contribution in [0.4, 0.5) is 0 Å². The maximum absolute atomic E-state index is 3.06. The Morgan fingerprint density at radius 1 is 1.17 bits per heavy atom. The van der Waals surface area contributed by atoms with E-state index >= 15 is 0 Å². The Bertz CT molecular complexity index is 309. The number of dihydropyridines is 1. The van der Waals surface area contributed by atoms with E-state index in [0.717, 1.165) is 6.54 Å². The van der Waals surface area contributed by atoms with Gasteiger partial charge in [-0.3, -0.25) is 0 Å². The molecule has 1 heteroatoms. The summed E-state index contributed by atoms with van der Waals surface area (Å²) in [6, 6.07) is 10.4. The Morgan fingerprint density at radius 3 is 2.67 bits per heavy atom. The van der Waals surface area contributed by atoms with Gasteiger partial charge in [-0.2, -0.15) is 0 Å². The van der Waals surface area contributed by atoms with E-state index in [1.54, 1.807) is 0 Å². The monoisotopic (exact) mass is 156 g/mol. The van der Waals surface area contributed by atoms with Gasteiger partial charge in [0.1, 0.15) is 0 Å². The molecule has 0 fully saturated rings. The zero-order valence-corrected chi connectivity index (χ0v) is 6.75. The van der Waals surface area contributed by atoms with Crippen molar-refractivity contribution < 1.29 is 0 Å². The van der Waals surface area contributed by atoms with Gasteiger partial charge in [-0.15, -0.1) is 0 Å². The summed E-state index contributed by atoms with van der Waals surface area (Å²) in [4.78, 5) is 0. The summed E-state index contributed by atoms with van der Waals surface area (Å²) in [5.41, 5.74) is 2.59. The minimum Gasteiger partial charge on any atom is -0.379 e. The molecule has 1 aliphatic rings. The molecule has 0 saturated carbocycles. The zero-order valence-electron chi connectivity index (χ0n) is 6.75. The molecule has 1 nitrogen and oxygen atoms in total. The molecule has 1 heterocycles. The zero-order chi connectivity index (χ0) is 8.23. The Morgan fingerprint density at radius 2 is 2.00 bits per heavy atom. The van der Waals surface area contributed by atoms with Crippen LogP contribution in [0, 0.1) is 6.20 Å². The van der Waals surface area contributed by atoms with E-state index < -0.39 is 0 Å². The minimum absolute atomic E-state index is 0.876. The van der Waals surface area contributed by atoms with E-state index in [9.17, 15) is 0 Å². The first-order chi connectivity index (χ1) is 5.97. The summed E-state index contributed by atoms with van der Waals surface area (Å²) < 4.78 is 0. The number of rotatable bonds is 1. The minimum atomic E-state index is 0.876. The molecule has 59 valence electrons. The van der Waals surface area contributed by atoms with Crippen LogP contribution >= 0.6 is 0 Å². The second-order valence-corrected chi connectivity index (χ2v) is 2.72. The first kappa shape index (κ1) is 7.17. The molecule has 0 amide bonds. The van der Waals surface area contributed by atoms with Crippen LogP contribution in [0.2, 0.25) is 0 Å². The third-order valence-corrected chi connectivity index (χ3v) is 1.89. The third-order valence-electron chi connectivity index (χ3n) is 1.89. The largest absolute Gasteiger partial charge is 0.379 e. The smallest absolute Gasteiger partial charge is 0.0578 e. The highest BCUT2D eigenvalue weighted by atomic mass is 14.8. The Hall–Kier alpha value is -1.50. The average Bonchev–Trinajstić information content (AvgIpc) is 2.21. The molecule has 1 aromatic carbocycles. The van der Waals surface area contributed by atoms with Crippen molar-refractivity contribution in [3.8, 4) is 0 Å². The molecule has 0 unspecified atom stereocenters. The van der Waals surface area contributed by atoms with E-state index in [0.29, 0.717) is 0 Å². The predicted octanol–water partition coefficient (Wildman–Crippen LogP) is 1.99. The van der Waals surface area contributed by atoms with Crippen molar-refractivity contribution in [2.45, 2.75) is 0 Å². The number of benzene rings is 1. The van der Waals surface area contributed by atoms with Crippen LogP contribution in [-0.2, 0) is 0 Å². The molecule has 0 bridgehead atoms. The summed E-state index contributed by atoms with van der Waals surface area (Å²) in [7, 11) is 0. The highest BCUT2D eigenvalue weighted by Crippen LogP contribution is 2.14. The summed E-state index contributed by atoms with van der Waals surface area (Å²) in [6.45, 7) is 0.876. The number of nitrogens with one attached hydrogen (secondary N) is 1. The quantitative estimate of drug-likeness (QED) is 0.655. The van der Waals surface area contributed by atoms with Crippen LogP contribution in [-0.4, -0.2) is 6.54 Å². The lowest BCUT2D eigenvalue weighted by Crippen LogP contribution is -2.12. The van der Waals surface area contributed by atoms with Crippen LogP contribution in [0.1, 0.15) is 5.56 Å². The topological polar surface area (TPSA) is 12.0 Å². The number of hydrogen-bond acceptors (Lipinski definition) is 1. The fraction of sp³-hybridized carbons (Fsp3) is 0.0909. The van der Waals surface area contributed by atoms with Crippen molar-refractivity contribution in [3.63, 3.8) is 0 Å². The fourth-order valence-corrected chi connectivity index (χ4v) is 1.26. The van der Waals surface area contributed by atoms with Gasteiger partial charge in [-0.1, -0.05) is 36.4 Å². The Balaban J connectivity index is 2.31. The van der Waals surface area contributed by atoms with Gasteiger partial charge < -0.3 is 5.32 Å². The van der Waals surface area contributed by atoms with Crippen LogP contribution in [0.3, 0.4) is 0 Å². The molecule has 12 heavy (non-hydrogen) atoms. The molecule has 1 aromatic rings. The van der Waals surface area contributed by atoms with E-state index in [-0.39, 0.29) is 0 Å². The molecule has 2 rings (SSSR count). The molecule has 0 aliphatic carbocycles. The van der Waals surface area contributed by atoms with Crippen LogP contribution in [0.5, 0.6) is 0 Å². The lowest BCUT2D eigenvalue weighted by molar-refractivity contribution is 0.955. The van der Waals surface area contributed by atoms with Crippen molar-refractivity contribution in [3.05, 3.63) is 54.2 Å². The van der Waals surface area contributed by atoms with E-state index in [4.69, 9.17) is 0 Å². The molecular formula is C11H10N. The normalized spacial score (nSPS) is 15.2. The van der Waals surface area contributed by atoms with Gasteiger partial charge in [0, 0.05) is 6.54 Å². The third kappa shape index (κ3) is 1.40. The maximum atomic E-state index is 3.06. The maximum Gasteiger partial charge on any atom is 0.0578 e. The van der Waals surface area contributed by atoms with Crippen molar-refractivity contribution >= 4 is 5.57 Å². The van der Waals surface area contributed by atoms with Crippen LogP contribution in [0.25, 0.3) is 5.57 Å². The van der Waals surface area contributed by atoms with E-state index in [2.05, 4.69) is 41.9 Å². The van der Waals surface area contributed by atoms with Gasteiger partial charge in [0.05, 0.1) is 6.20 Å². The molecule has 1 radical (unpaired) electrons. The van der Waals surface area contributed by atoms with Crippen LogP contribution in [0.15, 0.2) is 42.5 Å². The highest BCUT2D eigenvalue weighted by molar-refractivity contribution is 5.68. The standard InChI is InChI=1S/C11H10N/c1-2-5-10(6-3-1)11-7-4-8-12-9-11/h1-7,12H,9H2. The predicted molar refractivity (Wildman–Crippen MR) is 50.2 cm³/mol. The Kier molecular flexibility index (Phi) is 1.95. The lowest BCUT2D eigenvalue weighted by Gasteiger charge is -2.09. The van der Waals surface area contributed by atoms with Gasteiger partial charge in [-0.25, -0.2) is 0 Å². The first-order valence-corrected chi connectivity index (χ1v) is 4.03. The molecule has 0 saturated heterocycles. The van der Waals surface area contributed by atoms with Gasteiger partial charge in [0.25, 0.3) is 0 Å². The summed E-state index contributed by atoms with van der Waals surface area (Å²) in [5, 5.41) is 3.06. The van der Waals surface area contributed by atoms with Crippen molar-refractivity contribution in [1.82, 2.24) is 5.32 Å². The lowest BCUT2D eigenvalue weighted by atomic mass is 10.0. The van der Waals surface area contributed by atoms with Gasteiger partial charge in [0.2, 0.25) is 0 Å². The molecule has 0 atom stereocenters. The van der Waals surface area contributed by atoms with Gasteiger partial charge in [0.15, 0.2) is 0 Å².